The van der Waals surface area contributed by atoms with Gasteiger partial charge in [0.25, 0.3) is 5.69 Å². The summed E-state index contributed by atoms with van der Waals surface area (Å²) in [4.78, 5) is 10.3. The molecule has 1 aromatic carbocycles. The van der Waals surface area contributed by atoms with Crippen molar-refractivity contribution in [1.82, 2.24) is 0 Å². The highest BCUT2D eigenvalue weighted by atomic mass is 35.5. The van der Waals surface area contributed by atoms with E-state index in [-0.39, 0.29) is 19.2 Å². The Morgan fingerprint density at radius 2 is 1.86 bits per heavy atom. The van der Waals surface area contributed by atoms with Crippen LogP contribution in [-0.4, -0.2) is 23.5 Å². The van der Waals surface area contributed by atoms with Gasteiger partial charge in [-0.2, -0.15) is 25.3 Å². The minimum absolute atomic E-state index is 0. The second kappa shape index (κ2) is 17.5. The molecule has 0 heterocycles. The van der Waals surface area contributed by atoms with Crippen molar-refractivity contribution < 1.29 is 4.92 Å². The number of nitro benzene ring substituents is 1. The van der Waals surface area contributed by atoms with Crippen LogP contribution < -0.4 is 5.32 Å². The van der Waals surface area contributed by atoms with Gasteiger partial charge < -0.3 is 5.32 Å². The Labute approximate surface area is 144 Å². The lowest BCUT2D eigenvalue weighted by molar-refractivity contribution is -0.383. The third-order valence-corrected chi connectivity index (χ3v) is 2.93. The largest absolute Gasteiger partial charge is 0.379 e. The molecule has 0 saturated carbocycles. The van der Waals surface area contributed by atoms with Crippen molar-refractivity contribution in [2.45, 2.75) is 34.1 Å². The topological polar surface area (TPSA) is 55.2 Å². The van der Waals surface area contributed by atoms with E-state index in [1.54, 1.807) is 23.9 Å². The summed E-state index contributed by atoms with van der Waals surface area (Å²) in [6, 6.07) is 4.64. The predicted molar refractivity (Wildman–Crippen MR) is 103 cm³/mol. The van der Waals surface area contributed by atoms with Gasteiger partial charge in [-0.25, -0.2) is 0 Å². The van der Waals surface area contributed by atoms with Gasteiger partial charge >= 0.3 is 0 Å². The molecular formula is C14H27ClN2O2S2. The second-order valence-electron chi connectivity index (χ2n) is 3.19. The maximum atomic E-state index is 10.8. The molecule has 0 aliphatic heterocycles. The summed E-state index contributed by atoms with van der Waals surface area (Å²) in [5, 5.41) is 14.2. The quantitative estimate of drug-likeness (QED) is 0.411. The van der Waals surface area contributed by atoms with E-state index < -0.39 is 4.92 Å². The Balaban J connectivity index is -0.000000595. The normalized spacial score (nSPS) is 8.29. The zero-order chi connectivity index (χ0) is 16.0. The highest BCUT2D eigenvalue weighted by Gasteiger charge is 2.13. The van der Waals surface area contributed by atoms with Crippen LogP contribution in [-0.2, 0) is 0 Å². The first-order chi connectivity index (χ1) is 9.65. The Morgan fingerprint density at radius 3 is 2.33 bits per heavy atom. The van der Waals surface area contributed by atoms with E-state index in [0.717, 1.165) is 18.7 Å². The van der Waals surface area contributed by atoms with Gasteiger partial charge in [0.05, 0.1) is 4.92 Å². The van der Waals surface area contributed by atoms with Crippen LogP contribution in [0, 0.1) is 10.1 Å². The predicted octanol–water partition coefficient (Wildman–Crippen LogP) is 5.58. The third kappa shape index (κ3) is 11.7. The highest BCUT2D eigenvalue weighted by Crippen LogP contribution is 2.27. The van der Waals surface area contributed by atoms with Gasteiger partial charge in [-0.1, -0.05) is 39.3 Å². The lowest BCUT2D eigenvalue weighted by Crippen LogP contribution is -2.05. The molecule has 0 radical (unpaired) electrons. The molecule has 0 unspecified atom stereocenters. The van der Waals surface area contributed by atoms with Crippen LogP contribution in [0.1, 0.15) is 34.1 Å². The van der Waals surface area contributed by atoms with Crippen LogP contribution in [0.2, 0.25) is 5.02 Å². The molecule has 1 aromatic rings. The molecule has 1 N–H and O–H groups in total. The number of thioether (sulfide) groups is 1. The molecular weight excluding hydrogens is 328 g/mol. The number of rotatable bonds is 6. The number of halogens is 1. The first kappa shape index (κ1) is 25.4. The number of nitrogens with zero attached hydrogens (tertiary/aromatic N) is 1. The van der Waals surface area contributed by atoms with Crippen molar-refractivity contribution in [1.29, 1.82) is 0 Å². The van der Waals surface area contributed by atoms with Crippen LogP contribution in [0.5, 0.6) is 0 Å². The standard InChI is InChI=1S/C10H13ClN2O2S.2C2H6.H2S/c1-16-6-2-5-12-9-4-3-8(11)7-10(9)13(14)15;2*1-2;/h3-4,7,12H,2,5-6H2,1H3;2*1-2H3;1H2. The molecule has 4 nitrogen and oxygen atoms in total. The average molecular weight is 355 g/mol. The molecule has 21 heavy (non-hydrogen) atoms. The summed E-state index contributed by atoms with van der Waals surface area (Å²) >= 11 is 7.46. The summed E-state index contributed by atoms with van der Waals surface area (Å²) in [6.07, 6.45) is 3.01. The van der Waals surface area contributed by atoms with Gasteiger partial charge in [-0.3, -0.25) is 10.1 Å². The van der Waals surface area contributed by atoms with E-state index in [9.17, 15) is 10.1 Å². The van der Waals surface area contributed by atoms with E-state index in [2.05, 4.69) is 5.32 Å². The molecule has 0 bridgehead atoms. The van der Waals surface area contributed by atoms with E-state index in [4.69, 9.17) is 11.6 Å². The summed E-state index contributed by atoms with van der Waals surface area (Å²) in [7, 11) is 0. The number of anilines is 1. The molecule has 0 aliphatic carbocycles. The molecule has 1 rings (SSSR count). The van der Waals surface area contributed by atoms with Crippen LogP contribution >= 0.6 is 36.9 Å². The fourth-order valence-corrected chi connectivity index (χ4v) is 1.84. The maximum Gasteiger partial charge on any atom is 0.293 e. The number of benzene rings is 1. The number of hydrogen-bond donors (Lipinski definition) is 1. The maximum absolute atomic E-state index is 10.8. The summed E-state index contributed by atoms with van der Waals surface area (Å²) in [5.41, 5.74) is 0.548. The minimum atomic E-state index is -0.428. The highest BCUT2D eigenvalue weighted by molar-refractivity contribution is 7.98. The van der Waals surface area contributed by atoms with Crippen LogP contribution in [0.15, 0.2) is 18.2 Å². The summed E-state index contributed by atoms with van der Waals surface area (Å²) in [5.74, 6) is 1.04. The average Bonchev–Trinajstić information content (AvgIpc) is 2.49. The first-order valence-electron chi connectivity index (χ1n) is 6.82. The lowest BCUT2D eigenvalue weighted by atomic mass is 10.2. The molecule has 0 saturated heterocycles. The summed E-state index contributed by atoms with van der Waals surface area (Å²) < 4.78 is 0. The Kier molecular flexibility index (Phi) is 21.1. The van der Waals surface area contributed by atoms with Gasteiger partial charge in [0, 0.05) is 17.6 Å². The zero-order valence-electron chi connectivity index (χ0n) is 13.4. The molecule has 0 atom stereocenters. The van der Waals surface area contributed by atoms with Gasteiger partial charge in [0.15, 0.2) is 0 Å². The van der Waals surface area contributed by atoms with Crippen molar-refractivity contribution in [2.75, 3.05) is 23.9 Å². The van der Waals surface area contributed by atoms with Crippen LogP contribution in [0.25, 0.3) is 0 Å². The van der Waals surface area contributed by atoms with E-state index >= 15 is 0 Å². The van der Waals surface area contributed by atoms with Crippen molar-refractivity contribution in [3.8, 4) is 0 Å². The number of nitrogens with one attached hydrogen (secondary N) is 1. The monoisotopic (exact) mass is 354 g/mol. The van der Waals surface area contributed by atoms with E-state index in [1.165, 1.54) is 6.07 Å². The SMILES string of the molecule is CC.CC.CSCCCNc1ccc(Cl)cc1[N+](=O)[O-].S. The molecule has 7 heteroatoms. The van der Waals surface area contributed by atoms with Crippen LogP contribution in [0.3, 0.4) is 0 Å². The molecule has 0 aromatic heterocycles. The molecule has 0 aliphatic rings. The lowest BCUT2D eigenvalue weighted by Gasteiger charge is -2.06. The molecule has 0 fully saturated rings. The Morgan fingerprint density at radius 1 is 1.29 bits per heavy atom. The minimum Gasteiger partial charge on any atom is -0.379 e. The van der Waals surface area contributed by atoms with Crippen molar-refractivity contribution >= 4 is 48.2 Å². The van der Waals surface area contributed by atoms with Gasteiger partial charge in [0.2, 0.25) is 0 Å². The first-order valence-corrected chi connectivity index (χ1v) is 8.59. The van der Waals surface area contributed by atoms with Crippen molar-refractivity contribution in [3.63, 3.8) is 0 Å². The fraction of sp³-hybridized carbons (Fsp3) is 0.571. The summed E-state index contributed by atoms with van der Waals surface area (Å²) in [6.45, 7) is 8.73. The zero-order valence-corrected chi connectivity index (χ0v) is 16.0. The number of nitro groups is 1. The molecule has 124 valence electrons. The number of hydrogen-bond acceptors (Lipinski definition) is 4. The Bertz CT molecular complexity index is 380. The Hall–Kier alpha value is -0.590. The molecule has 0 amide bonds. The van der Waals surface area contributed by atoms with Gasteiger partial charge in [-0.05, 0) is 30.6 Å². The second-order valence-corrected chi connectivity index (χ2v) is 4.61. The fourth-order valence-electron chi connectivity index (χ4n) is 1.24. The van der Waals surface area contributed by atoms with Crippen molar-refractivity contribution in [2.24, 2.45) is 0 Å². The van der Waals surface area contributed by atoms with Gasteiger partial charge in [0.1, 0.15) is 5.69 Å². The van der Waals surface area contributed by atoms with Crippen LogP contribution in [0.4, 0.5) is 11.4 Å². The van der Waals surface area contributed by atoms with Gasteiger partial charge in [-0.15, -0.1) is 0 Å². The smallest absolute Gasteiger partial charge is 0.293 e. The van der Waals surface area contributed by atoms with E-state index in [0.29, 0.717) is 10.7 Å². The van der Waals surface area contributed by atoms with Crippen molar-refractivity contribution in [3.05, 3.63) is 33.3 Å². The third-order valence-electron chi connectivity index (χ3n) is 2.00. The van der Waals surface area contributed by atoms with E-state index in [1.807, 2.05) is 34.0 Å². The molecule has 0 spiro atoms.